The largest absolute Gasteiger partial charge is 0.487 e. The number of benzene rings is 2. The van der Waals surface area contributed by atoms with Crippen LogP contribution in [-0.2, 0) is 22.7 Å². The highest BCUT2D eigenvalue weighted by Gasteiger charge is 2.27. The molecule has 0 bridgehead atoms. The maximum atomic E-state index is 14.1. The van der Waals surface area contributed by atoms with Gasteiger partial charge in [-0.25, -0.2) is 18.6 Å². The van der Waals surface area contributed by atoms with Gasteiger partial charge in [0.1, 0.15) is 47.1 Å². The highest BCUT2D eigenvalue weighted by Crippen LogP contribution is 2.25. The van der Waals surface area contributed by atoms with Crippen LogP contribution in [0.5, 0.6) is 5.75 Å². The molecule has 0 aliphatic carbocycles. The molecule has 2 heterocycles. The smallest absolute Gasteiger partial charge is 0.407 e. The minimum absolute atomic E-state index is 0.00753. The lowest BCUT2D eigenvalue weighted by Crippen LogP contribution is -2.45. The van der Waals surface area contributed by atoms with Crippen LogP contribution in [0.1, 0.15) is 24.2 Å². The minimum atomic E-state index is -1.33. The zero-order chi connectivity index (χ0) is 32.7. The molecule has 0 unspecified atom stereocenters. The number of allylic oxidation sites excluding steroid dienone is 1. The molecule has 1 atom stereocenters. The van der Waals surface area contributed by atoms with Gasteiger partial charge in [-0.15, -0.1) is 0 Å². The fourth-order valence-electron chi connectivity index (χ4n) is 4.40. The average Bonchev–Trinajstić information content (AvgIpc) is 3.41. The molecule has 3 amide bonds. The maximum absolute atomic E-state index is 14.1. The number of ether oxygens (including phenoxy) is 1. The van der Waals surface area contributed by atoms with E-state index in [4.69, 9.17) is 4.74 Å². The van der Waals surface area contributed by atoms with Crippen molar-refractivity contribution in [3.05, 3.63) is 100 Å². The topological polar surface area (TPSA) is 150 Å². The van der Waals surface area contributed by atoms with Crippen LogP contribution in [0.15, 0.2) is 71.7 Å². The number of para-hydroxylation sites is 1. The van der Waals surface area contributed by atoms with Gasteiger partial charge in [0.25, 0.3) is 5.56 Å². The molecule has 0 fully saturated rings. The van der Waals surface area contributed by atoms with Crippen LogP contribution in [0.3, 0.4) is 0 Å². The van der Waals surface area contributed by atoms with E-state index in [1.807, 2.05) is 0 Å². The number of carbonyl (C=O) groups excluding carboxylic acids is 2. The van der Waals surface area contributed by atoms with E-state index in [2.05, 4.69) is 15.3 Å². The summed E-state index contributed by atoms with van der Waals surface area (Å²) in [6, 6.07) is 10.1. The lowest BCUT2D eigenvalue weighted by molar-refractivity contribution is -0.123. The Bertz CT molecular complexity index is 1800. The summed E-state index contributed by atoms with van der Waals surface area (Å²) >= 11 is 0. The summed E-state index contributed by atoms with van der Waals surface area (Å²) in [6.45, 7) is -0.157. The molecule has 12 nitrogen and oxygen atoms in total. The molecule has 236 valence electrons. The van der Waals surface area contributed by atoms with Crippen LogP contribution in [0.25, 0.3) is 11.0 Å². The normalized spacial score (nSPS) is 11.8. The predicted molar refractivity (Wildman–Crippen MR) is 162 cm³/mol. The Morgan fingerprint density at radius 3 is 2.62 bits per heavy atom. The number of pyridine rings is 1. The molecule has 4 aromatic rings. The highest BCUT2D eigenvalue weighted by atomic mass is 19.1. The van der Waals surface area contributed by atoms with E-state index in [0.717, 1.165) is 17.0 Å². The number of nitrogens with one attached hydrogen (secondary N) is 2. The van der Waals surface area contributed by atoms with Gasteiger partial charge in [-0.1, -0.05) is 12.1 Å². The van der Waals surface area contributed by atoms with Gasteiger partial charge < -0.3 is 29.6 Å². The third-order valence-electron chi connectivity index (χ3n) is 6.91. The van der Waals surface area contributed by atoms with Gasteiger partial charge >= 0.3 is 6.09 Å². The van der Waals surface area contributed by atoms with Gasteiger partial charge in [0.15, 0.2) is 0 Å². The molecule has 2 aromatic heterocycles. The van der Waals surface area contributed by atoms with E-state index >= 15 is 0 Å². The number of rotatable bonds is 12. The molecule has 0 saturated carbocycles. The molecule has 0 aliphatic heterocycles. The third kappa shape index (κ3) is 8.10. The maximum Gasteiger partial charge on any atom is 0.407 e. The zero-order valence-electron chi connectivity index (χ0n) is 24.8. The Labute approximate surface area is 256 Å². The van der Waals surface area contributed by atoms with Crippen molar-refractivity contribution in [1.82, 2.24) is 24.3 Å². The first-order valence-electron chi connectivity index (χ1n) is 13.8. The number of anilines is 1. The standard InChI is InChI=1S/C31H32F2N6O6/c1-37(2)27(40)12-5-4-10-24(38(3)31(43)44)29(41)35-23-9-7-15-39(30(23)42)17-26-34-22-8-6-11-25(28(22)36-26)45-18-19-13-14-20(32)16-21(19)33/h5-9,11-16,24H,4,10,17-18H2,1-3H3,(H,34,36)(H,35,41)(H,43,44)/b12-5+/t24-/m0/s1. The first-order chi connectivity index (χ1) is 21.4. The Morgan fingerprint density at radius 2 is 1.91 bits per heavy atom. The van der Waals surface area contributed by atoms with Crippen LogP contribution in [0.2, 0.25) is 0 Å². The van der Waals surface area contributed by atoms with Crippen molar-refractivity contribution in [3.63, 3.8) is 0 Å². The Hall–Kier alpha value is -5.53. The molecule has 0 radical (unpaired) electrons. The number of likely N-dealkylation sites (N-methyl/N-ethyl adjacent to an activating group) is 2. The second-order valence-electron chi connectivity index (χ2n) is 10.3. The van der Waals surface area contributed by atoms with E-state index in [-0.39, 0.29) is 43.2 Å². The molecule has 14 heteroatoms. The van der Waals surface area contributed by atoms with Crippen LogP contribution in [-0.4, -0.2) is 74.5 Å². The van der Waals surface area contributed by atoms with E-state index in [9.17, 15) is 33.1 Å². The Kier molecular flexibility index (Phi) is 10.3. The third-order valence-corrected chi connectivity index (χ3v) is 6.91. The number of aromatic nitrogens is 3. The number of carbonyl (C=O) groups is 3. The number of imidazole rings is 1. The number of hydrogen-bond donors (Lipinski definition) is 3. The van der Waals surface area contributed by atoms with E-state index in [0.29, 0.717) is 22.6 Å². The molecule has 45 heavy (non-hydrogen) atoms. The van der Waals surface area contributed by atoms with Crippen molar-refractivity contribution in [1.29, 1.82) is 0 Å². The lowest BCUT2D eigenvalue weighted by Gasteiger charge is -2.24. The van der Waals surface area contributed by atoms with E-state index < -0.39 is 35.2 Å². The second-order valence-corrected chi connectivity index (χ2v) is 10.3. The summed E-state index contributed by atoms with van der Waals surface area (Å²) in [7, 11) is 4.43. The van der Waals surface area contributed by atoms with Gasteiger partial charge in [-0.2, -0.15) is 0 Å². The number of aromatic amines is 1. The number of carboxylic acid groups (broad SMARTS) is 1. The summed E-state index contributed by atoms with van der Waals surface area (Å²) in [6.07, 6.45) is 3.38. The van der Waals surface area contributed by atoms with Crippen molar-refractivity contribution in [2.24, 2.45) is 0 Å². The number of nitrogens with zero attached hydrogens (tertiary/aromatic N) is 4. The summed E-state index contributed by atoms with van der Waals surface area (Å²) in [5, 5.41) is 12.0. The molecular weight excluding hydrogens is 590 g/mol. The molecule has 2 aromatic carbocycles. The molecule has 3 N–H and O–H groups in total. The average molecular weight is 623 g/mol. The fourth-order valence-corrected chi connectivity index (χ4v) is 4.40. The number of hydrogen-bond acceptors (Lipinski definition) is 6. The van der Waals surface area contributed by atoms with Crippen LogP contribution in [0, 0.1) is 11.6 Å². The number of amides is 3. The van der Waals surface area contributed by atoms with Crippen molar-refractivity contribution in [2.75, 3.05) is 26.5 Å². The van der Waals surface area contributed by atoms with E-state index in [1.165, 1.54) is 40.9 Å². The monoisotopic (exact) mass is 622 g/mol. The summed E-state index contributed by atoms with van der Waals surface area (Å²) in [4.78, 5) is 59.6. The summed E-state index contributed by atoms with van der Waals surface area (Å²) < 4.78 is 34.4. The Morgan fingerprint density at radius 1 is 1.13 bits per heavy atom. The van der Waals surface area contributed by atoms with E-state index in [1.54, 1.807) is 44.4 Å². The van der Waals surface area contributed by atoms with Crippen molar-refractivity contribution in [3.8, 4) is 5.75 Å². The van der Waals surface area contributed by atoms with Crippen LogP contribution < -0.4 is 15.6 Å². The fraction of sp³-hybridized carbons (Fsp3) is 0.258. The van der Waals surface area contributed by atoms with Crippen LogP contribution in [0.4, 0.5) is 19.3 Å². The van der Waals surface area contributed by atoms with Crippen molar-refractivity contribution in [2.45, 2.75) is 32.0 Å². The quantitative estimate of drug-likeness (QED) is 0.202. The van der Waals surface area contributed by atoms with Gasteiger partial charge in [-0.05, 0) is 55.3 Å². The predicted octanol–water partition coefficient (Wildman–Crippen LogP) is 3.97. The lowest BCUT2D eigenvalue weighted by atomic mass is 10.1. The second kappa shape index (κ2) is 14.3. The molecule has 0 spiro atoms. The molecule has 4 rings (SSSR count). The SMILES string of the molecule is CN(C)C(=O)/C=C/CC[C@@H](C(=O)Nc1cccn(Cc2nc3cccc(OCc4ccc(F)cc4F)c3[nH]2)c1=O)N(C)C(=O)O. The highest BCUT2D eigenvalue weighted by molar-refractivity contribution is 5.96. The van der Waals surface area contributed by atoms with Gasteiger partial charge in [0.05, 0.1) is 12.1 Å². The van der Waals surface area contributed by atoms with Gasteiger partial charge in [0.2, 0.25) is 11.8 Å². The molecule has 0 saturated heterocycles. The van der Waals surface area contributed by atoms with Gasteiger partial charge in [-0.3, -0.25) is 19.3 Å². The van der Waals surface area contributed by atoms with Crippen molar-refractivity contribution < 1.29 is 33.0 Å². The Balaban J connectivity index is 1.48. The first kappa shape index (κ1) is 32.4. The van der Waals surface area contributed by atoms with Crippen LogP contribution >= 0.6 is 0 Å². The molecular formula is C31H32F2N6O6. The number of H-pyrrole nitrogens is 1. The molecule has 0 aliphatic rings. The first-order valence-corrected chi connectivity index (χ1v) is 13.8. The summed E-state index contributed by atoms with van der Waals surface area (Å²) in [5.74, 6) is -1.61. The number of halogens is 2. The van der Waals surface area contributed by atoms with Gasteiger partial charge in [0, 0.05) is 39.0 Å². The minimum Gasteiger partial charge on any atom is -0.487 e. The zero-order valence-corrected chi connectivity index (χ0v) is 24.8. The van der Waals surface area contributed by atoms with Crippen molar-refractivity contribution >= 4 is 34.6 Å². The number of fused-ring (bicyclic) bond motifs is 1. The summed E-state index contributed by atoms with van der Waals surface area (Å²) in [5.41, 5.74) is 0.592.